The number of carbonyl (C=O) groups excluding carboxylic acids is 3. The van der Waals surface area contributed by atoms with Gasteiger partial charge in [0.25, 0.3) is 5.91 Å². The van der Waals surface area contributed by atoms with Crippen molar-refractivity contribution in [1.29, 1.82) is 0 Å². The summed E-state index contributed by atoms with van der Waals surface area (Å²) < 4.78 is 0. The van der Waals surface area contributed by atoms with Crippen LogP contribution in [0.5, 0.6) is 0 Å². The normalized spacial score (nSPS) is 21.4. The highest BCUT2D eigenvalue weighted by Crippen LogP contribution is 2.29. The fraction of sp³-hybridized carbons (Fsp3) is 0.423. The van der Waals surface area contributed by atoms with Crippen LogP contribution in [0.2, 0.25) is 0 Å². The molecule has 3 heterocycles. The summed E-state index contributed by atoms with van der Waals surface area (Å²) in [5, 5.41) is 5.82. The highest BCUT2D eigenvalue weighted by Gasteiger charge is 2.39. The van der Waals surface area contributed by atoms with E-state index in [0.29, 0.717) is 24.6 Å². The van der Waals surface area contributed by atoms with Crippen molar-refractivity contribution < 1.29 is 14.4 Å². The molecule has 2 aromatic rings. The zero-order valence-electron chi connectivity index (χ0n) is 18.8. The van der Waals surface area contributed by atoms with Gasteiger partial charge >= 0.3 is 0 Å². The van der Waals surface area contributed by atoms with Crippen molar-refractivity contribution in [3.8, 4) is 0 Å². The average Bonchev–Trinajstić information content (AvgIpc) is 3.15. The van der Waals surface area contributed by atoms with Gasteiger partial charge in [-0.05, 0) is 55.1 Å². The van der Waals surface area contributed by atoms with Crippen molar-refractivity contribution in [2.45, 2.75) is 57.4 Å². The van der Waals surface area contributed by atoms with Crippen LogP contribution >= 0.6 is 0 Å². The zero-order chi connectivity index (χ0) is 22.8. The van der Waals surface area contributed by atoms with Crippen molar-refractivity contribution in [1.82, 2.24) is 20.4 Å². The smallest absolute Gasteiger partial charge is 0.255 e. The molecule has 1 unspecified atom stereocenters. The summed E-state index contributed by atoms with van der Waals surface area (Å²) in [5.41, 5.74) is 4.03. The molecule has 0 saturated carbocycles. The van der Waals surface area contributed by atoms with Gasteiger partial charge in [-0.2, -0.15) is 0 Å². The van der Waals surface area contributed by atoms with E-state index in [0.717, 1.165) is 50.1 Å². The van der Waals surface area contributed by atoms with Crippen LogP contribution in [0.15, 0.2) is 48.5 Å². The molecule has 3 amide bonds. The van der Waals surface area contributed by atoms with Crippen molar-refractivity contribution in [2.75, 3.05) is 13.1 Å². The first-order valence-electron chi connectivity index (χ1n) is 11.8. The number of nitrogens with zero attached hydrogens (tertiary/aromatic N) is 2. The molecule has 2 saturated heterocycles. The van der Waals surface area contributed by atoms with Crippen molar-refractivity contribution in [3.05, 3.63) is 70.8 Å². The molecule has 2 fully saturated rings. The van der Waals surface area contributed by atoms with Crippen LogP contribution in [0.25, 0.3) is 0 Å². The van der Waals surface area contributed by atoms with E-state index in [1.807, 2.05) is 18.2 Å². The lowest BCUT2D eigenvalue weighted by Crippen LogP contribution is -2.52. The molecule has 3 aliphatic rings. The number of amides is 3. The quantitative estimate of drug-likeness (QED) is 0.665. The van der Waals surface area contributed by atoms with Gasteiger partial charge in [0.15, 0.2) is 0 Å². The monoisotopic (exact) mass is 446 g/mol. The molecule has 0 aromatic heterocycles. The molecule has 7 heteroatoms. The SMILES string of the molecule is O=C1CCC(N2Cc3ccc(CN(Cc4ccccc4)C4CCNCC4)cc3C2=O)C(=O)N1. The lowest BCUT2D eigenvalue weighted by atomic mass is 10.0. The van der Waals surface area contributed by atoms with Crippen LogP contribution in [0.3, 0.4) is 0 Å². The predicted octanol–water partition coefficient (Wildman–Crippen LogP) is 2.20. The highest BCUT2D eigenvalue weighted by atomic mass is 16.2. The maximum absolute atomic E-state index is 13.2. The first-order chi connectivity index (χ1) is 16.1. The number of carbonyl (C=O) groups is 3. The predicted molar refractivity (Wildman–Crippen MR) is 124 cm³/mol. The number of fused-ring (bicyclic) bond motifs is 1. The number of piperidine rings is 2. The Balaban J connectivity index is 1.34. The standard InChI is InChI=1S/C26H30N4O3/c31-24-9-8-23(25(32)28-24)30-17-20-7-6-19(14-22(20)26(30)33)16-29(21-10-12-27-13-11-21)15-18-4-2-1-3-5-18/h1-7,14,21,23,27H,8-13,15-17H2,(H,28,31,32). The largest absolute Gasteiger partial charge is 0.322 e. The summed E-state index contributed by atoms with van der Waals surface area (Å²) in [5.74, 6) is -0.746. The Kier molecular flexibility index (Phi) is 6.24. The zero-order valence-corrected chi connectivity index (χ0v) is 18.8. The molecule has 1 atom stereocenters. The molecule has 0 radical (unpaired) electrons. The Labute approximate surface area is 194 Å². The first-order valence-corrected chi connectivity index (χ1v) is 11.8. The maximum atomic E-state index is 13.2. The number of benzene rings is 2. The van der Waals surface area contributed by atoms with Crippen molar-refractivity contribution in [3.63, 3.8) is 0 Å². The molecular weight excluding hydrogens is 416 g/mol. The van der Waals surface area contributed by atoms with Gasteiger partial charge in [-0.1, -0.05) is 42.5 Å². The minimum absolute atomic E-state index is 0.113. The third-order valence-corrected chi connectivity index (χ3v) is 7.03. The lowest BCUT2D eigenvalue weighted by molar-refractivity contribution is -0.136. The van der Waals surface area contributed by atoms with Gasteiger partial charge in [0.2, 0.25) is 11.8 Å². The van der Waals surface area contributed by atoms with E-state index in [9.17, 15) is 14.4 Å². The van der Waals surface area contributed by atoms with E-state index in [1.54, 1.807) is 4.90 Å². The molecular formula is C26H30N4O3. The maximum Gasteiger partial charge on any atom is 0.255 e. The topological polar surface area (TPSA) is 81.8 Å². The van der Waals surface area contributed by atoms with Gasteiger partial charge in [0.05, 0.1) is 0 Å². The Morgan fingerprint density at radius 1 is 0.909 bits per heavy atom. The fourth-order valence-electron chi connectivity index (χ4n) is 5.24. The van der Waals surface area contributed by atoms with E-state index >= 15 is 0 Å². The van der Waals surface area contributed by atoms with Crippen LogP contribution in [-0.4, -0.2) is 52.7 Å². The molecule has 2 N–H and O–H groups in total. The summed E-state index contributed by atoms with van der Waals surface area (Å²) in [6.45, 7) is 4.12. The summed E-state index contributed by atoms with van der Waals surface area (Å²) in [7, 11) is 0. The molecule has 3 aliphatic heterocycles. The summed E-state index contributed by atoms with van der Waals surface area (Å²) >= 11 is 0. The highest BCUT2D eigenvalue weighted by molar-refractivity contribution is 6.05. The molecule has 0 aliphatic carbocycles. The van der Waals surface area contributed by atoms with Crippen LogP contribution in [-0.2, 0) is 29.2 Å². The second-order valence-corrected chi connectivity index (χ2v) is 9.26. The van der Waals surface area contributed by atoms with Gasteiger partial charge in [-0.25, -0.2) is 0 Å². The molecule has 7 nitrogen and oxygen atoms in total. The lowest BCUT2D eigenvalue weighted by Gasteiger charge is -2.35. The summed E-state index contributed by atoms with van der Waals surface area (Å²) in [4.78, 5) is 41.1. The number of rotatable bonds is 6. The van der Waals surface area contributed by atoms with Gasteiger partial charge in [0, 0.05) is 37.7 Å². The number of nitrogens with one attached hydrogen (secondary N) is 2. The molecule has 0 spiro atoms. The number of hydrogen-bond donors (Lipinski definition) is 2. The Bertz CT molecular complexity index is 1050. The minimum Gasteiger partial charge on any atom is -0.322 e. The Hall–Kier alpha value is -3.03. The van der Waals surface area contributed by atoms with Crippen LogP contribution in [0.4, 0.5) is 0 Å². The van der Waals surface area contributed by atoms with Gasteiger partial charge in [0.1, 0.15) is 6.04 Å². The van der Waals surface area contributed by atoms with Crippen molar-refractivity contribution in [2.24, 2.45) is 0 Å². The van der Waals surface area contributed by atoms with Crippen molar-refractivity contribution >= 4 is 17.7 Å². The molecule has 172 valence electrons. The van der Waals surface area contributed by atoms with Gasteiger partial charge in [-0.15, -0.1) is 0 Å². The van der Waals surface area contributed by atoms with E-state index < -0.39 is 6.04 Å². The molecule has 5 rings (SSSR count). The van der Waals surface area contributed by atoms with E-state index in [1.165, 1.54) is 5.56 Å². The van der Waals surface area contributed by atoms with E-state index in [2.05, 4.69) is 45.9 Å². The number of imide groups is 1. The third-order valence-electron chi connectivity index (χ3n) is 7.03. The Morgan fingerprint density at radius 3 is 2.42 bits per heavy atom. The van der Waals surface area contributed by atoms with Crippen LogP contribution in [0, 0.1) is 0 Å². The summed E-state index contributed by atoms with van der Waals surface area (Å²) in [6.07, 6.45) is 2.88. The summed E-state index contributed by atoms with van der Waals surface area (Å²) in [6, 6.07) is 16.6. The van der Waals surface area contributed by atoms with Crippen LogP contribution < -0.4 is 10.6 Å². The van der Waals surface area contributed by atoms with E-state index in [4.69, 9.17) is 0 Å². The number of hydrogen-bond acceptors (Lipinski definition) is 5. The van der Waals surface area contributed by atoms with E-state index in [-0.39, 0.29) is 24.1 Å². The second-order valence-electron chi connectivity index (χ2n) is 9.26. The molecule has 0 bridgehead atoms. The molecule has 2 aromatic carbocycles. The van der Waals surface area contributed by atoms with Crippen LogP contribution in [0.1, 0.15) is 52.7 Å². The first kappa shape index (κ1) is 21.8. The Morgan fingerprint density at radius 2 is 1.67 bits per heavy atom. The minimum atomic E-state index is -0.574. The fourth-order valence-corrected chi connectivity index (χ4v) is 5.24. The second kappa shape index (κ2) is 9.45. The van der Waals surface area contributed by atoms with Gasteiger partial charge in [-0.3, -0.25) is 24.6 Å². The third kappa shape index (κ3) is 4.70. The van der Waals surface area contributed by atoms with Gasteiger partial charge < -0.3 is 10.2 Å². The average molecular weight is 447 g/mol. The molecule has 33 heavy (non-hydrogen) atoms.